The number of fused-ring (bicyclic) bond motifs is 2. The first-order chi connectivity index (χ1) is 24.9. The quantitative estimate of drug-likeness (QED) is 0.198. The summed E-state index contributed by atoms with van der Waals surface area (Å²) in [5.74, 6) is -2.75. The molecule has 0 aliphatic carbocycles. The van der Waals surface area contributed by atoms with Crippen LogP contribution in [0, 0.1) is 23.3 Å². The van der Waals surface area contributed by atoms with Gasteiger partial charge in [0, 0.05) is 38.2 Å². The van der Waals surface area contributed by atoms with Gasteiger partial charge in [0.15, 0.2) is 11.5 Å². The molecule has 12 nitrogen and oxygen atoms in total. The fraction of sp³-hybridized carbons (Fsp3) is 0.111. The molecule has 0 spiro atoms. The van der Waals surface area contributed by atoms with Crippen LogP contribution in [-0.2, 0) is 6.42 Å². The van der Waals surface area contributed by atoms with Gasteiger partial charge < -0.3 is 30.1 Å². The zero-order chi connectivity index (χ0) is 36.8. The van der Waals surface area contributed by atoms with Crippen molar-refractivity contribution in [2.75, 3.05) is 25.6 Å². The van der Waals surface area contributed by atoms with Gasteiger partial charge in [-0.05, 0) is 54.1 Å². The van der Waals surface area contributed by atoms with Gasteiger partial charge in [0.25, 0.3) is 11.8 Å². The van der Waals surface area contributed by atoms with Crippen LogP contribution < -0.4 is 11.5 Å². The number of benzene rings is 2. The minimum Gasteiger partial charge on any atom is -0.463 e. The minimum atomic E-state index is -0.750. The lowest BCUT2D eigenvalue weighted by Crippen LogP contribution is -2.25. The number of rotatable bonds is 5. The topological polar surface area (TPSA) is 170 Å². The van der Waals surface area contributed by atoms with E-state index >= 15 is 0 Å². The third kappa shape index (κ3) is 5.99. The number of nitrogen functional groups attached to an aromatic ring is 2. The van der Waals surface area contributed by atoms with E-state index in [9.17, 15) is 27.2 Å². The van der Waals surface area contributed by atoms with Gasteiger partial charge in [-0.25, -0.2) is 37.5 Å². The first kappa shape index (κ1) is 33.6. The lowest BCUT2D eigenvalue weighted by molar-refractivity contribution is 0.0772. The van der Waals surface area contributed by atoms with Crippen molar-refractivity contribution >= 4 is 35.5 Å². The van der Waals surface area contributed by atoms with Gasteiger partial charge in [-0.15, -0.1) is 0 Å². The molecule has 52 heavy (non-hydrogen) atoms. The van der Waals surface area contributed by atoms with Crippen molar-refractivity contribution in [3.63, 3.8) is 0 Å². The van der Waals surface area contributed by atoms with Crippen LogP contribution in [0.15, 0.2) is 82.0 Å². The Hall–Kier alpha value is -6.84. The fourth-order valence-corrected chi connectivity index (χ4v) is 5.99. The zero-order valence-corrected chi connectivity index (χ0v) is 27.3. The van der Waals surface area contributed by atoms with Crippen molar-refractivity contribution in [3.05, 3.63) is 130 Å². The average Bonchev–Trinajstić information content (AvgIpc) is 3.91. The molecular formula is C36H26F4N8O4. The van der Waals surface area contributed by atoms with Gasteiger partial charge in [0.05, 0.1) is 41.1 Å². The van der Waals surface area contributed by atoms with E-state index in [0.717, 1.165) is 18.2 Å². The number of anilines is 2. The summed E-state index contributed by atoms with van der Waals surface area (Å²) in [4.78, 5) is 44.9. The maximum atomic E-state index is 14.1. The molecule has 1 atom stereocenters. The normalized spacial score (nSPS) is 15.6. The summed E-state index contributed by atoms with van der Waals surface area (Å²) in [6, 6.07) is 12.7. The molecule has 2 aromatic carbocycles. The van der Waals surface area contributed by atoms with Gasteiger partial charge in [-0.1, -0.05) is 6.07 Å². The third-order valence-corrected chi connectivity index (χ3v) is 8.51. The Kier molecular flexibility index (Phi) is 8.49. The lowest BCUT2D eigenvalue weighted by Gasteiger charge is -2.20. The number of furan rings is 2. The van der Waals surface area contributed by atoms with Crippen LogP contribution >= 0.6 is 0 Å². The Labute approximate surface area is 292 Å². The summed E-state index contributed by atoms with van der Waals surface area (Å²) < 4.78 is 65.1. The van der Waals surface area contributed by atoms with Gasteiger partial charge in [0.1, 0.15) is 40.4 Å². The molecule has 0 radical (unpaired) electrons. The zero-order valence-electron chi connectivity index (χ0n) is 27.3. The molecule has 0 bridgehead atoms. The van der Waals surface area contributed by atoms with Gasteiger partial charge in [0.2, 0.25) is 11.9 Å². The summed E-state index contributed by atoms with van der Waals surface area (Å²) in [7, 11) is 3.12. The van der Waals surface area contributed by atoms with Crippen molar-refractivity contribution in [3.8, 4) is 22.9 Å². The number of amides is 2. The highest BCUT2D eigenvalue weighted by Gasteiger charge is 2.40. The molecule has 16 heteroatoms. The number of nitrogens with zero attached hydrogens (tertiary/aromatic N) is 6. The van der Waals surface area contributed by atoms with Crippen LogP contribution in [0.1, 0.15) is 49.3 Å². The number of nitrogens with two attached hydrogens (primary N) is 2. The molecule has 262 valence electrons. The van der Waals surface area contributed by atoms with E-state index in [0.29, 0.717) is 28.6 Å². The summed E-state index contributed by atoms with van der Waals surface area (Å²) in [5.41, 5.74) is 14.1. The molecular weight excluding hydrogens is 684 g/mol. The highest BCUT2D eigenvalue weighted by atomic mass is 19.1. The second kappa shape index (κ2) is 13.1. The Morgan fingerprint density at radius 2 is 1.31 bits per heavy atom. The summed E-state index contributed by atoms with van der Waals surface area (Å²) in [6.07, 6.45) is 4.47. The van der Waals surface area contributed by atoms with Crippen molar-refractivity contribution < 1.29 is 36.0 Å². The van der Waals surface area contributed by atoms with Gasteiger partial charge >= 0.3 is 0 Å². The molecule has 6 aromatic rings. The number of hydrogen-bond donors (Lipinski definition) is 2. The van der Waals surface area contributed by atoms with Crippen molar-refractivity contribution in [2.24, 2.45) is 0 Å². The standard InChI is InChI=1S/C18H14F2N4O2.C18H12F2N4O2/c2*1-24-12(7-9-4-5-10(19)8-11(9)20)15-14(17(24)25)16(23-18(21)22-15)13-3-2-6-26-13/h2-6,8,12H,7H2,1H3,(H2,21,22,23);2-8H,1H3,(H2,21,22,23)/b;12-7-. The number of carbonyl (C=O) groups excluding carboxylic acids is 2. The summed E-state index contributed by atoms with van der Waals surface area (Å²) in [6.45, 7) is 0. The van der Waals surface area contributed by atoms with E-state index in [1.165, 1.54) is 53.6 Å². The Morgan fingerprint density at radius 1 is 0.731 bits per heavy atom. The molecule has 2 aliphatic rings. The van der Waals surface area contributed by atoms with E-state index in [-0.39, 0.29) is 63.8 Å². The molecule has 4 N–H and O–H groups in total. The number of aromatic nitrogens is 4. The molecule has 2 aliphatic heterocycles. The molecule has 0 saturated carbocycles. The van der Waals surface area contributed by atoms with Crippen LogP contribution in [-0.4, -0.2) is 55.6 Å². The number of hydrogen-bond acceptors (Lipinski definition) is 10. The van der Waals surface area contributed by atoms with E-state index in [4.69, 9.17) is 20.3 Å². The summed E-state index contributed by atoms with van der Waals surface area (Å²) >= 11 is 0. The SMILES string of the molecule is CN1C(=O)c2c(-c3ccco3)nc(N)nc2C1Cc1ccc(F)cc1F.CN1C(=O)c2c(nc(N)nc2-c2ccco2)/C1=C/c1ccc(F)cc1F. The number of likely N-dealkylation sites (N-methyl/N-ethyl adjacent to an activating group) is 1. The molecule has 2 amide bonds. The Morgan fingerprint density at radius 3 is 1.90 bits per heavy atom. The largest absolute Gasteiger partial charge is 0.463 e. The average molecular weight is 711 g/mol. The lowest BCUT2D eigenvalue weighted by atomic mass is 10.0. The van der Waals surface area contributed by atoms with E-state index in [1.807, 2.05) is 0 Å². The fourth-order valence-electron chi connectivity index (χ4n) is 5.99. The van der Waals surface area contributed by atoms with Crippen LogP contribution in [0.3, 0.4) is 0 Å². The second-order valence-electron chi connectivity index (χ2n) is 11.7. The van der Waals surface area contributed by atoms with Crippen LogP contribution in [0.2, 0.25) is 0 Å². The maximum absolute atomic E-state index is 14.1. The first-order valence-corrected chi connectivity index (χ1v) is 15.5. The van der Waals surface area contributed by atoms with Crippen LogP contribution in [0.25, 0.3) is 34.7 Å². The summed E-state index contributed by atoms with van der Waals surface area (Å²) in [5, 5.41) is 0. The van der Waals surface area contributed by atoms with E-state index in [1.54, 1.807) is 31.3 Å². The van der Waals surface area contributed by atoms with Crippen LogP contribution in [0.5, 0.6) is 0 Å². The van der Waals surface area contributed by atoms with Crippen molar-refractivity contribution in [2.45, 2.75) is 12.5 Å². The molecule has 6 heterocycles. The molecule has 0 saturated heterocycles. The number of carbonyl (C=O) groups is 2. The van der Waals surface area contributed by atoms with Gasteiger partial charge in [-0.2, -0.15) is 0 Å². The molecule has 4 aromatic heterocycles. The van der Waals surface area contributed by atoms with Crippen molar-refractivity contribution in [1.29, 1.82) is 0 Å². The smallest absolute Gasteiger partial charge is 0.262 e. The Bertz CT molecular complexity index is 2400. The molecule has 0 fully saturated rings. The monoisotopic (exact) mass is 710 g/mol. The maximum Gasteiger partial charge on any atom is 0.262 e. The second-order valence-corrected chi connectivity index (χ2v) is 11.7. The van der Waals surface area contributed by atoms with E-state index < -0.39 is 29.3 Å². The van der Waals surface area contributed by atoms with Gasteiger partial charge in [-0.3, -0.25) is 9.59 Å². The predicted octanol–water partition coefficient (Wildman–Crippen LogP) is 6.15. The molecule has 8 rings (SSSR count). The predicted molar refractivity (Wildman–Crippen MR) is 180 cm³/mol. The van der Waals surface area contributed by atoms with Crippen LogP contribution in [0.4, 0.5) is 29.5 Å². The van der Waals surface area contributed by atoms with E-state index in [2.05, 4.69) is 19.9 Å². The third-order valence-electron chi connectivity index (χ3n) is 8.51. The Balaban J connectivity index is 0.000000162. The molecule has 1 unspecified atom stereocenters. The highest BCUT2D eigenvalue weighted by molar-refractivity contribution is 6.14. The van der Waals surface area contributed by atoms with Crippen molar-refractivity contribution in [1.82, 2.24) is 29.7 Å². The first-order valence-electron chi connectivity index (χ1n) is 15.5. The minimum absolute atomic E-state index is 0.0113. The highest BCUT2D eigenvalue weighted by Crippen LogP contribution is 2.40. The number of halogens is 4.